The fraction of sp³-hybridized carbons (Fsp3) is 0.333. The molecule has 4 nitrogen and oxygen atoms in total. The van der Waals surface area contributed by atoms with Crippen LogP contribution in [0, 0.1) is 19.3 Å². The van der Waals surface area contributed by atoms with Gasteiger partial charge in [-0.2, -0.15) is 11.8 Å². The third kappa shape index (κ3) is 3.22. The zero-order valence-electron chi connectivity index (χ0n) is 18.9. The van der Waals surface area contributed by atoms with E-state index in [9.17, 15) is 5.21 Å². The van der Waals surface area contributed by atoms with E-state index in [0.29, 0.717) is 11.1 Å². The molecule has 2 aliphatic rings. The quantitative estimate of drug-likeness (QED) is 0.324. The number of benzene rings is 2. The van der Waals surface area contributed by atoms with Crippen LogP contribution in [0.15, 0.2) is 72.0 Å². The van der Waals surface area contributed by atoms with E-state index >= 15 is 0 Å². The summed E-state index contributed by atoms with van der Waals surface area (Å²) in [5.74, 6) is 2.59. The molecule has 0 radical (unpaired) electrons. The van der Waals surface area contributed by atoms with Gasteiger partial charge in [0.1, 0.15) is 0 Å². The normalized spacial score (nSPS) is 19.2. The highest BCUT2D eigenvalue weighted by Gasteiger charge is 2.48. The van der Waals surface area contributed by atoms with Crippen LogP contribution in [0.25, 0.3) is 0 Å². The zero-order valence-corrected chi connectivity index (χ0v) is 19.7. The molecule has 3 aromatic rings. The van der Waals surface area contributed by atoms with Gasteiger partial charge in [-0.3, -0.25) is 4.98 Å². The van der Waals surface area contributed by atoms with E-state index in [1.165, 1.54) is 17.2 Å². The summed E-state index contributed by atoms with van der Waals surface area (Å²) in [5, 5.41) is 13.8. The van der Waals surface area contributed by atoms with Gasteiger partial charge in [0.15, 0.2) is 0 Å². The van der Waals surface area contributed by atoms with Gasteiger partial charge in [-0.15, -0.1) is 0 Å². The minimum Gasteiger partial charge on any atom is -0.411 e. The Morgan fingerprint density at radius 1 is 1.03 bits per heavy atom. The number of hydrogen-bond acceptors (Lipinski definition) is 5. The van der Waals surface area contributed by atoms with Gasteiger partial charge in [-0.05, 0) is 67.3 Å². The smallest absolute Gasteiger partial charge is 0.0868 e. The molecule has 0 unspecified atom stereocenters. The molecule has 0 saturated carbocycles. The Morgan fingerprint density at radius 2 is 1.75 bits per heavy atom. The Balaban J connectivity index is 1.65. The van der Waals surface area contributed by atoms with Crippen molar-refractivity contribution in [3.63, 3.8) is 0 Å². The highest BCUT2D eigenvalue weighted by Crippen LogP contribution is 2.47. The molecule has 0 aliphatic carbocycles. The van der Waals surface area contributed by atoms with E-state index in [1.54, 1.807) is 0 Å². The minimum atomic E-state index is -0.701. The topological polar surface area (TPSA) is 48.7 Å². The standard InChI is InChI=1S/C27H29N3OS/c1-19-6-4-5-7-25(19)27(21(3)29-31,23-12-13-28-20(2)14-23)22-8-10-24(11-9-22)30-15-26(16-30)17-32-18-26/h4-14,31H,15-18H2,1-3H3/b29-21-/t27-/m0/s1. The first kappa shape index (κ1) is 21.1. The molecule has 0 amide bonds. The van der Waals surface area contributed by atoms with E-state index in [1.807, 2.05) is 32.2 Å². The zero-order chi connectivity index (χ0) is 22.3. The maximum Gasteiger partial charge on any atom is 0.0868 e. The molecule has 2 saturated heterocycles. The second-order valence-electron chi connectivity index (χ2n) is 9.33. The monoisotopic (exact) mass is 443 g/mol. The van der Waals surface area contributed by atoms with Gasteiger partial charge < -0.3 is 10.1 Å². The minimum absolute atomic E-state index is 0.558. The average Bonchev–Trinajstić information content (AvgIpc) is 2.74. The van der Waals surface area contributed by atoms with Gasteiger partial charge in [0.25, 0.3) is 0 Å². The first-order valence-corrected chi connectivity index (χ1v) is 12.3. The summed E-state index contributed by atoms with van der Waals surface area (Å²) in [4.78, 5) is 6.90. The fourth-order valence-electron chi connectivity index (χ4n) is 5.38. The van der Waals surface area contributed by atoms with Crippen molar-refractivity contribution in [2.45, 2.75) is 26.2 Å². The Bertz CT molecular complexity index is 1160. The van der Waals surface area contributed by atoms with Crippen molar-refractivity contribution in [3.05, 3.63) is 94.8 Å². The van der Waals surface area contributed by atoms with E-state index in [-0.39, 0.29) is 0 Å². The predicted molar refractivity (Wildman–Crippen MR) is 133 cm³/mol. The maximum absolute atomic E-state index is 10.1. The van der Waals surface area contributed by atoms with Crippen LogP contribution in [-0.2, 0) is 5.41 Å². The summed E-state index contributed by atoms with van der Waals surface area (Å²) in [7, 11) is 0. The maximum atomic E-state index is 10.1. The van der Waals surface area contributed by atoms with Crippen LogP contribution in [0.3, 0.4) is 0 Å². The van der Waals surface area contributed by atoms with Gasteiger partial charge in [0, 0.05) is 47.6 Å². The van der Waals surface area contributed by atoms with Crippen molar-refractivity contribution in [2.75, 3.05) is 29.5 Å². The molecule has 1 aromatic heterocycles. The molecule has 3 heterocycles. The predicted octanol–water partition coefficient (Wildman–Crippen LogP) is 5.44. The molecule has 5 rings (SSSR count). The van der Waals surface area contributed by atoms with Crippen LogP contribution in [0.5, 0.6) is 0 Å². The van der Waals surface area contributed by atoms with E-state index in [2.05, 4.69) is 82.3 Å². The lowest BCUT2D eigenvalue weighted by atomic mass is 9.65. The highest BCUT2D eigenvalue weighted by molar-refractivity contribution is 8.00. The number of thioether (sulfide) groups is 1. The highest BCUT2D eigenvalue weighted by atomic mass is 32.2. The number of rotatable bonds is 5. The molecule has 1 N–H and O–H groups in total. The van der Waals surface area contributed by atoms with Gasteiger partial charge >= 0.3 is 0 Å². The first-order valence-electron chi connectivity index (χ1n) is 11.1. The summed E-state index contributed by atoms with van der Waals surface area (Å²) in [6.45, 7) is 8.34. The molecule has 1 atom stereocenters. The van der Waals surface area contributed by atoms with Crippen LogP contribution < -0.4 is 4.90 Å². The molecule has 0 bridgehead atoms. The van der Waals surface area contributed by atoms with Gasteiger partial charge in [0.2, 0.25) is 0 Å². The van der Waals surface area contributed by atoms with Crippen molar-refractivity contribution in [3.8, 4) is 0 Å². The lowest BCUT2D eigenvalue weighted by Gasteiger charge is -2.56. The second-order valence-corrected chi connectivity index (χ2v) is 10.3. The Hall–Kier alpha value is -2.79. The Kier molecular flexibility index (Phi) is 5.25. The van der Waals surface area contributed by atoms with Crippen LogP contribution in [-0.4, -0.2) is 40.5 Å². The lowest BCUT2D eigenvalue weighted by Crippen LogP contribution is -2.63. The molecule has 2 fully saturated rings. The summed E-state index contributed by atoms with van der Waals surface area (Å²) >= 11 is 2.06. The summed E-state index contributed by atoms with van der Waals surface area (Å²) < 4.78 is 0. The summed E-state index contributed by atoms with van der Waals surface area (Å²) in [6, 6.07) is 21.3. The number of oxime groups is 1. The number of aromatic nitrogens is 1. The first-order chi connectivity index (χ1) is 15.5. The third-order valence-electron chi connectivity index (χ3n) is 7.11. The lowest BCUT2D eigenvalue weighted by molar-refractivity contribution is 0.273. The molecule has 5 heteroatoms. The molecule has 1 spiro atoms. The Labute approximate surface area is 194 Å². The van der Waals surface area contributed by atoms with E-state index < -0.39 is 5.41 Å². The van der Waals surface area contributed by atoms with E-state index in [4.69, 9.17) is 0 Å². The van der Waals surface area contributed by atoms with Crippen LogP contribution in [0.4, 0.5) is 5.69 Å². The number of aryl methyl sites for hydroxylation is 2. The van der Waals surface area contributed by atoms with Gasteiger partial charge in [0.05, 0.1) is 11.1 Å². The van der Waals surface area contributed by atoms with Crippen LogP contribution in [0.1, 0.15) is 34.9 Å². The van der Waals surface area contributed by atoms with Crippen molar-refractivity contribution in [2.24, 2.45) is 10.6 Å². The van der Waals surface area contributed by atoms with Crippen LogP contribution in [0.2, 0.25) is 0 Å². The van der Waals surface area contributed by atoms with Gasteiger partial charge in [-0.1, -0.05) is 41.6 Å². The summed E-state index contributed by atoms with van der Waals surface area (Å²) in [5.41, 5.74) is 7.11. The number of pyridine rings is 1. The molecular formula is C27H29N3OS. The number of nitrogens with zero attached hydrogens (tertiary/aromatic N) is 3. The molecule has 2 aromatic carbocycles. The second kappa shape index (κ2) is 7.96. The van der Waals surface area contributed by atoms with E-state index in [0.717, 1.165) is 41.0 Å². The van der Waals surface area contributed by atoms with Crippen molar-refractivity contribution < 1.29 is 5.21 Å². The molecule has 2 aliphatic heterocycles. The average molecular weight is 444 g/mol. The number of hydrogen-bond donors (Lipinski definition) is 1. The third-order valence-corrected chi connectivity index (χ3v) is 8.74. The van der Waals surface area contributed by atoms with Gasteiger partial charge in [-0.25, -0.2) is 0 Å². The number of anilines is 1. The largest absolute Gasteiger partial charge is 0.411 e. The van der Waals surface area contributed by atoms with Crippen LogP contribution >= 0.6 is 11.8 Å². The van der Waals surface area contributed by atoms with Crippen molar-refractivity contribution in [1.82, 2.24) is 4.98 Å². The fourth-order valence-corrected chi connectivity index (χ4v) is 6.53. The van der Waals surface area contributed by atoms with Crippen molar-refractivity contribution in [1.29, 1.82) is 0 Å². The SMILES string of the molecule is C/C(=N/O)[C@](c1ccc(N2CC3(CSC3)C2)cc1)(c1ccnc(C)c1)c1ccccc1C. The summed E-state index contributed by atoms with van der Waals surface area (Å²) in [6.07, 6.45) is 1.84. The molecule has 32 heavy (non-hydrogen) atoms. The molecule has 164 valence electrons. The van der Waals surface area contributed by atoms with Crippen molar-refractivity contribution >= 4 is 23.2 Å². The molecular weight excluding hydrogens is 414 g/mol. The Morgan fingerprint density at radius 3 is 2.34 bits per heavy atom.